The van der Waals surface area contributed by atoms with Crippen LogP contribution in [0.4, 0.5) is 11.8 Å². The van der Waals surface area contributed by atoms with Crippen molar-refractivity contribution in [2.24, 2.45) is 5.41 Å². The number of piperidine rings is 1. The van der Waals surface area contributed by atoms with E-state index in [-0.39, 0.29) is 11.3 Å². The van der Waals surface area contributed by atoms with E-state index in [1.807, 2.05) is 31.9 Å². The van der Waals surface area contributed by atoms with Gasteiger partial charge in [0.15, 0.2) is 0 Å². The molecule has 0 bridgehead atoms. The Labute approximate surface area is 158 Å². The molecule has 2 aromatic rings. The van der Waals surface area contributed by atoms with Crippen molar-refractivity contribution < 1.29 is 9.32 Å². The number of nitrogens with one attached hydrogen (secondary N) is 1. The summed E-state index contributed by atoms with van der Waals surface area (Å²) in [6, 6.07) is 1.86. The molecule has 0 aromatic carbocycles. The van der Waals surface area contributed by atoms with Gasteiger partial charge in [0.05, 0.1) is 12.2 Å². The molecule has 2 fully saturated rings. The SMILES string of the molecule is CNc1ccnc(N2CCC3(CC2)CC(=O)N(Cc2c(C)noc2C)C3)n1. The average molecular weight is 370 g/mol. The van der Waals surface area contributed by atoms with E-state index in [1.165, 1.54) is 0 Å². The van der Waals surface area contributed by atoms with E-state index >= 15 is 0 Å². The van der Waals surface area contributed by atoms with Crippen molar-refractivity contribution in [1.29, 1.82) is 0 Å². The number of anilines is 2. The van der Waals surface area contributed by atoms with Gasteiger partial charge in [0.2, 0.25) is 11.9 Å². The molecule has 0 atom stereocenters. The number of likely N-dealkylation sites (tertiary alicyclic amines) is 1. The van der Waals surface area contributed by atoms with Crippen LogP contribution in [0.2, 0.25) is 0 Å². The molecule has 0 unspecified atom stereocenters. The molecular weight excluding hydrogens is 344 g/mol. The molecule has 1 spiro atoms. The van der Waals surface area contributed by atoms with E-state index in [2.05, 4.69) is 25.3 Å². The summed E-state index contributed by atoms with van der Waals surface area (Å²) in [5, 5.41) is 7.06. The van der Waals surface area contributed by atoms with E-state index in [0.29, 0.717) is 13.0 Å². The van der Waals surface area contributed by atoms with Crippen LogP contribution in [0.15, 0.2) is 16.8 Å². The molecular formula is C19H26N6O2. The van der Waals surface area contributed by atoms with Gasteiger partial charge in [-0.2, -0.15) is 4.98 Å². The van der Waals surface area contributed by atoms with Crippen molar-refractivity contribution in [3.8, 4) is 0 Å². The van der Waals surface area contributed by atoms with Crippen LogP contribution in [-0.4, -0.2) is 52.6 Å². The van der Waals surface area contributed by atoms with Gasteiger partial charge in [0, 0.05) is 50.3 Å². The van der Waals surface area contributed by atoms with Crippen LogP contribution in [0.3, 0.4) is 0 Å². The van der Waals surface area contributed by atoms with Crippen LogP contribution < -0.4 is 10.2 Å². The maximum atomic E-state index is 12.7. The highest BCUT2D eigenvalue weighted by Gasteiger charge is 2.45. The van der Waals surface area contributed by atoms with Gasteiger partial charge in [-0.15, -0.1) is 0 Å². The number of hydrogen-bond acceptors (Lipinski definition) is 7. The Balaban J connectivity index is 1.42. The lowest BCUT2D eigenvalue weighted by atomic mass is 9.77. The third-order valence-corrected chi connectivity index (χ3v) is 5.94. The topological polar surface area (TPSA) is 87.4 Å². The lowest BCUT2D eigenvalue weighted by Gasteiger charge is -2.38. The second-order valence-corrected chi connectivity index (χ2v) is 7.71. The molecule has 8 nitrogen and oxygen atoms in total. The van der Waals surface area contributed by atoms with E-state index in [4.69, 9.17) is 4.52 Å². The fourth-order valence-corrected chi connectivity index (χ4v) is 4.20. The van der Waals surface area contributed by atoms with Gasteiger partial charge >= 0.3 is 0 Å². The second-order valence-electron chi connectivity index (χ2n) is 7.71. The molecule has 0 saturated carbocycles. The Hall–Kier alpha value is -2.64. The Morgan fingerprint density at radius 3 is 2.74 bits per heavy atom. The molecule has 144 valence electrons. The van der Waals surface area contributed by atoms with Crippen molar-refractivity contribution in [3.63, 3.8) is 0 Å². The Kier molecular flexibility index (Phi) is 4.49. The zero-order chi connectivity index (χ0) is 19.0. The quantitative estimate of drug-likeness (QED) is 0.882. The molecule has 0 radical (unpaired) electrons. The number of nitrogens with zero attached hydrogens (tertiary/aromatic N) is 5. The summed E-state index contributed by atoms with van der Waals surface area (Å²) in [4.78, 5) is 25.8. The molecule has 2 aromatic heterocycles. The minimum absolute atomic E-state index is 0.0627. The molecule has 2 saturated heterocycles. The summed E-state index contributed by atoms with van der Waals surface area (Å²) in [5.74, 6) is 2.62. The van der Waals surface area contributed by atoms with Crippen molar-refractivity contribution in [2.45, 2.75) is 39.7 Å². The first-order chi connectivity index (χ1) is 13.0. The highest BCUT2D eigenvalue weighted by molar-refractivity contribution is 5.79. The van der Waals surface area contributed by atoms with Gasteiger partial charge in [-0.1, -0.05) is 5.16 Å². The second kappa shape index (κ2) is 6.83. The molecule has 1 amide bonds. The predicted octanol–water partition coefficient (Wildman–Crippen LogP) is 2.14. The molecule has 2 aliphatic rings. The fraction of sp³-hybridized carbons (Fsp3) is 0.579. The number of aromatic nitrogens is 3. The Bertz CT molecular complexity index is 821. The van der Waals surface area contributed by atoms with Crippen molar-refractivity contribution in [3.05, 3.63) is 29.3 Å². The van der Waals surface area contributed by atoms with Gasteiger partial charge in [-0.3, -0.25) is 4.79 Å². The number of carbonyl (C=O) groups excluding carboxylic acids is 1. The number of hydrogen-bond donors (Lipinski definition) is 1. The van der Waals surface area contributed by atoms with Crippen molar-refractivity contribution >= 4 is 17.7 Å². The van der Waals surface area contributed by atoms with Crippen LogP contribution in [-0.2, 0) is 11.3 Å². The molecule has 27 heavy (non-hydrogen) atoms. The average Bonchev–Trinajstić information content (AvgIpc) is 3.16. The lowest BCUT2D eigenvalue weighted by molar-refractivity contribution is -0.128. The normalized spacial score (nSPS) is 19.1. The fourth-order valence-electron chi connectivity index (χ4n) is 4.20. The minimum atomic E-state index is 0.0627. The predicted molar refractivity (Wildman–Crippen MR) is 101 cm³/mol. The minimum Gasteiger partial charge on any atom is -0.373 e. The summed E-state index contributed by atoms with van der Waals surface area (Å²) >= 11 is 0. The summed E-state index contributed by atoms with van der Waals surface area (Å²) < 4.78 is 5.25. The van der Waals surface area contributed by atoms with Gasteiger partial charge < -0.3 is 19.6 Å². The zero-order valence-corrected chi connectivity index (χ0v) is 16.2. The Morgan fingerprint density at radius 2 is 2.07 bits per heavy atom. The first-order valence-electron chi connectivity index (χ1n) is 9.45. The van der Waals surface area contributed by atoms with Crippen LogP contribution >= 0.6 is 0 Å². The Morgan fingerprint density at radius 1 is 1.30 bits per heavy atom. The number of amides is 1. The van der Waals surface area contributed by atoms with Crippen LogP contribution in [0.25, 0.3) is 0 Å². The smallest absolute Gasteiger partial charge is 0.227 e. The highest BCUT2D eigenvalue weighted by Crippen LogP contribution is 2.42. The first-order valence-corrected chi connectivity index (χ1v) is 9.45. The van der Waals surface area contributed by atoms with Crippen LogP contribution in [0, 0.1) is 19.3 Å². The third kappa shape index (κ3) is 3.36. The standard InChI is InChI=1S/C19H26N6O2/c1-13-15(14(2)27-23-13)11-25-12-19(10-17(25)26)5-8-24(9-6-19)18-21-7-4-16(20-3)22-18/h4,7H,5-6,8-12H2,1-3H3,(H,20,21,22). The van der Waals surface area contributed by atoms with Crippen molar-refractivity contribution in [1.82, 2.24) is 20.0 Å². The largest absolute Gasteiger partial charge is 0.373 e. The van der Waals surface area contributed by atoms with Gasteiger partial charge in [-0.25, -0.2) is 4.98 Å². The zero-order valence-electron chi connectivity index (χ0n) is 16.2. The molecule has 4 heterocycles. The molecule has 8 heteroatoms. The lowest BCUT2D eigenvalue weighted by Crippen LogP contribution is -2.42. The van der Waals surface area contributed by atoms with Crippen LogP contribution in [0.5, 0.6) is 0 Å². The maximum absolute atomic E-state index is 12.7. The van der Waals surface area contributed by atoms with Gasteiger partial charge in [0.25, 0.3) is 0 Å². The van der Waals surface area contributed by atoms with Gasteiger partial charge in [0.1, 0.15) is 11.6 Å². The van der Waals surface area contributed by atoms with E-state index in [0.717, 1.165) is 61.3 Å². The third-order valence-electron chi connectivity index (χ3n) is 5.94. The number of rotatable bonds is 4. The molecule has 2 aliphatic heterocycles. The van der Waals surface area contributed by atoms with Crippen molar-refractivity contribution in [2.75, 3.05) is 36.9 Å². The van der Waals surface area contributed by atoms with E-state index in [9.17, 15) is 4.79 Å². The first kappa shape index (κ1) is 17.8. The number of carbonyl (C=O) groups is 1. The molecule has 4 rings (SSSR count). The summed E-state index contributed by atoms with van der Waals surface area (Å²) in [6.07, 6.45) is 4.36. The summed E-state index contributed by atoms with van der Waals surface area (Å²) in [6.45, 7) is 6.99. The maximum Gasteiger partial charge on any atom is 0.227 e. The van der Waals surface area contributed by atoms with E-state index < -0.39 is 0 Å². The number of aryl methyl sites for hydroxylation is 2. The molecule has 1 N–H and O–H groups in total. The summed E-state index contributed by atoms with van der Waals surface area (Å²) in [5.41, 5.74) is 1.97. The highest BCUT2D eigenvalue weighted by atomic mass is 16.5. The van der Waals surface area contributed by atoms with E-state index in [1.54, 1.807) is 6.20 Å². The monoisotopic (exact) mass is 370 g/mol. The van der Waals surface area contributed by atoms with Crippen LogP contribution in [0.1, 0.15) is 36.3 Å². The molecule has 0 aliphatic carbocycles. The van der Waals surface area contributed by atoms with Gasteiger partial charge in [-0.05, 0) is 32.8 Å². The summed E-state index contributed by atoms with van der Waals surface area (Å²) in [7, 11) is 1.86.